The Hall–Kier alpha value is -1.14. The summed E-state index contributed by atoms with van der Waals surface area (Å²) in [5.74, 6) is 1.02. The molecule has 2 unspecified atom stereocenters. The molecule has 1 N–H and O–H groups in total. The van der Waals surface area contributed by atoms with E-state index in [0.717, 1.165) is 10.2 Å². The number of halogens is 1. The molecule has 3 aromatic heterocycles. The number of aromatic nitrogens is 2. The summed E-state index contributed by atoms with van der Waals surface area (Å²) in [7, 11) is 2.03. The van der Waals surface area contributed by atoms with Crippen molar-refractivity contribution in [2.45, 2.75) is 19.0 Å². The molecule has 0 aliphatic carbocycles. The molecule has 0 saturated carbocycles. The van der Waals surface area contributed by atoms with E-state index in [-0.39, 0.29) is 12.1 Å². The zero-order valence-corrected chi connectivity index (χ0v) is 14.2. The van der Waals surface area contributed by atoms with Crippen molar-refractivity contribution in [2.24, 2.45) is 7.05 Å². The fourth-order valence-corrected chi connectivity index (χ4v) is 4.14. The molecule has 0 radical (unpaired) electrons. The number of nitrogens with zero attached hydrogens (tertiary/aromatic N) is 2. The van der Waals surface area contributed by atoms with E-state index in [9.17, 15) is 0 Å². The molecule has 6 heteroatoms. The molecule has 2 atom stereocenters. The maximum Gasteiger partial charge on any atom is 0.131 e. The minimum Gasteiger partial charge on any atom is -0.336 e. The Bertz CT molecular complexity index is 702. The lowest BCUT2D eigenvalue weighted by Gasteiger charge is -2.21. The third kappa shape index (κ3) is 3.21. The van der Waals surface area contributed by atoms with Crippen molar-refractivity contribution in [1.29, 1.82) is 0 Å². The van der Waals surface area contributed by atoms with Gasteiger partial charge >= 0.3 is 0 Å². The Labute approximate surface area is 137 Å². The number of hydrogen-bond donors (Lipinski definition) is 1. The predicted molar refractivity (Wildman–Crippen MR) is 90.2 cm³/mol. The average Bonchev–Trinajstić information content (AvgIpc) is 3.17. The molecule has 3 heterocycles. The van der Waals surface area contributed by atoms with Crippen LogP contribution in [0, 0.1) is 0 Å². The lowest BCUT2D eigenvalue weighted by Crippen LogP contribution is -2.26. The van der Waals surface area contributed by atoms with Gasteiger partial charge in [-0.3, -0.25) is 5.32 Å². The summed E-state index contributed by atoms with van der Waals surface area (Å²) < 4.78 is 2.88. The Morgan fingerprint density at radius 2 is 2.14 bits per heavy atom. The Morgan fingerprint density at radius 1 is 1.29 bits per heavy atom. The number of aryl methyl sites for hydroxylation is 1. The van der Waals surface area contributed by atoms with Crippen LogP contribution >= 0.6 is 34.3 Å². The minimum absolute atomic E-state index is 0.0841. The molecule has 0 aliphatic rings. The highest BCUT2D eigenvalue weighted by Crippen LogP contribution is 2.31. The number of imidazole rings is 1. The molecule has 0 fully saturated rings. The first-order chi connectivity index (χ1) is 10.1. The molecule has 21 heavy (non-hydrogen) atoms. The Morgan fingerprint density at radius 3 is 2.71 bits per heavy atom. The second kappa shape index (κ2) is 6.32. The molecule has 3 nitrogen and oxygen atoms in total. The summed E-state index contributed by atoms with van der Waals surface area (Å²) in [5.41, 5.74) is 0. The van der Waals surface area contributed by atoms with Crippen molar-refractivity contribution >= 4 is 34.3 Å². The van der Waals surface area contributed by atoms with Crippen molar-refractivity contribution in [3.05, 3.63) is 62.0 Å². The smallest absolute Gasteiger partial charge is 0.131 e. The van der Waals surface area contributed by atoms with Gasteiger partial charge in [-0.05, 0) is 30.5 Å². The molecule has 0 bridgehead atoms. The highest BCUT2D eigenvalue weighted by atomic mass is 35.5. The molecular formula is C15H16ClN3S2. The van der Waals surface area contributed by atoms with Gasteiger partial charge in [-0.2, -0.15) is 0 Å². The van der Waals surface area contributed by atoms with Gasteiger partial charge in [0.1, 0.15) is 11.9 Å². The first-order valence-corrected chi connectivity index (χ1v) is 8.74. The Kier molecular flexibility index (Phi) is 4.45. The average molecular weight is 338 g/mol. The van der Waals surface area contributed by atoms with Crippen molar-refractivity contribution in [3.8, 4) is 0 Å². The molecule has 0 aromatic carbocycles. The largest absolute Gasteiger partial charge is 0.336 e. The van der Waals surface area contributed by atoms with Gasteiger partial charge < -0.3 is 4.57 Å². The quantitative estimate of drug-likeness (QED) is 0.735. The molecule has 3 aromatic rings. The lowest BCUT2D eigenvalue weighted by atomic mass is 10.1. The summed E-state index contributed by atoms with van der Waals surface area (Å²) in [6, 6.07) is 8.54. The highest BCUT2D eigenvalue weighted by Gasteiger charge is 2.22. The number of hydrogen-bond acceptors (Lipinski definition) is 4. The van der Waals surface area contributed by atoms with Crippen LogP contribution < -0.4 is 5.32 Å². The van der Waals surface area contributed by atoms with Crippen molar-refractivity contribution in [1.82, 2.24) is 14.9 Å². The number of thiophene rings is 2. The third-order valence-electron chi connectivity index (χ3n) is 3.38. The topological polar surface area (TPSA) is 29.9 Å². The van der Waals surface area contributed by atoms with E-state index in [4.69, 9.17) is 11.6 Å². The number of nitrogens with one attached hydrogen (secondary N) is 1. The summed E-state index contributed by atoms with van der Waals surface area (Å²) in [6.07, 6.45) is 3.81. The zero-order valence-electron chi connectivity index (χ0n) is 11.8. The van der Waals surface area contributed by atoms with Crippen molar-refractivity contribution < 1.29 is 0 Å². The first-order valence-electron chi connectivity index (χ1n) is 6.67. The normalized spacial score (nSPS) is 14.2. The van der Waals surface area contributed by atoms with Crippen LogP contribution in [0.25, 0.3) is 0 Å². The van der Waals surface area contributed by atoms with Crippen molar-refractivity contribution in [3.63, 3.8) is 0 Å². The Balaban J connectivity index is 1.88. The van der Waals surface area contributed by atoms with Gasteiger partial charge in [0.2, 0.25) is 0 Å². The number of rotatable bonds is 5. The van der Waals surface area contributed by atoms with E-state index in [1.807, 2.05) is 25.5 Å². The van der Waals surface area contributed by atoms with Crippen LogP contribution in [-0.2, 0) is 7.05 Å². The van der Waals surface area contributed by atoms with E-state index in [1.54, 1.807) is 22.7 Å². The molecular weight excluding hydrogens is 322 g/mol. The predicted octanol–water partition coefficient (Wildman–Crippen LogP) is 4.64. The molecule has 0 saturated heterocycles. The van der Waals surface area contributed by atoms with Crippen LogP contribution in [0.4, 0.5) is 0 Å². The van der Waals surface area contributed by atoms with E-state index in [2.05, 4.69) is 45.4 Å². The van der Waals surface area contributed by atoms with Crippen LogP contribution in [0.3, 0.4) is 0 Å². The second-order valence-electron chi connectivity index (χ2n) is 4.88. The second-order valence-corrected chi connectivity index (χ2v) is 7.60. The van der Waals surface area contributed by atoms with Crippen LogP contribution in [0.15, 0.2) is 42.0 Å². The summed E-state index contributed by atoms with van der Waals surface area (Å²) in [4.78, 5) is 7.00. The van der Waals surface area contributed by atoms with E-state index in [1.165, 1.54) is 9.75 Å². The fraction of sp³-hybridized carbons (Fsp3) is 0.267. The van der Waals surface area contributed by atoms with Crippen LogP contribution in [0.2, 0.25) is 4.34 Å². The van der Waals surface area contributed by atoms with Crippen molar-refractivity contribution in [2.75, 3.05) is 0 Å². The monoisotopic (exact) mass is 337 g/mol. The first kappa shape index (κ1) is 14.8. The molecule has 0 amide bonds. The van der Waals surface area contributed by atoms with Gasteiger partial charge in [-0.1, -0.05) is 17.7 Å². The van der Waals surface area contributed by atoms with Crippen LogP contribution in [0.5, 0.6) is 0 Å². The van der Waals surface area contributed by atoms with E-state index >= 15 is 0 Å². The molecule has 3 rings (SSSR count). The summed E-state index contributed by atoms with van der Waals surface area (Å²) in [5, 5.41) is 5.77. The lowest BCUT2D eigenvalue weighted by molar-refractivity contribution is 0.499. The van der Waals surface area contributed by atoms with Crippen LogP contribution in [-0.4, -0.2) is 9.55 Å². The molecule has 0 spiro atoms. The maximum atomic E-state index is 6.04. The fourth-order valence-electron chi connectivity index (χ4n) is 2.29. The minimum atomic E-state index is 0.0841. The van der Waals surface area contributed by atoms with E-state index < -0.39 is 0 Å². The summed E-state index contributed by atoms with van der Waals surface area (Å²) in [6.45, 7) is 2.16. The highest BCUT2D eigenvalue weighted by molar-refractivity contribution is 7.16. The van der Waals surface area contributed by atoms with Gasteiger partial charge in [-0.15, -0.1) is 22.7 Å². The zero-order chi connectivity index (χ0) is 14.8. The molecule has 0 aliphatic heterocycles. The van der Waals surface area contributed by atoms with Gasteiger partial charge in [0.15, 0.2) is 0 Å². The van der Waals surface area contributed by atoms with Gasteiger partial charge in [0, 0.05) is 35.2 Å². The SMILES string of the molecule is CC(NC(c1cccs1)c1nccn1C)c1ccc(Cl)s1. The standard InChI is InChI=1S/C15H16ClN3S2/c1-10(11-5-6-13(16)21-11)18-14(12-4-3-9-20-12)15-17-7-8-19(15)2/h3-10,14,18H,1-2H3. The summed E-state index contributed by atoms with van der Waals surface area (Å²) >= 11 is 9.40. The molecule has 110 valence electrons. The van der Waals surface area contributed by atoms with Crippen LogP contribution in [0.1, 0.15) is 34.6 Å². The van der Waals surface area contributed by atoms with Gasteiger partial charge in [0.05, 0.1) is 4.34 Å². The van der Waals surface area contributed by atoms with Gasteiger partial charge in [-0.25, -0.2) is 4.98 Å². The third-order valence-corrected chi connectivity index (χ3v) is 5.73. The maximum absolute atomic E-state index is 6.04. The van der Waals surface area contributed by atoms with E-state index in [0.29, 0.717) is 0 Å². The van der Waals surface area contributed by atoms with Gasteiger partial charge in [0.25, 0.3) is 0 Å².